The molecule has 0 aliphatic heterocycles. The average Bonchev–Trinajstić information content (AvgIpc) is 2.74. The van der Waals surface area contributed by atoms with Crippen molar-refractivity contribution in [1.82, 2.24) is 9.78 Å². The molecule has 1 aromatic carbocycles. The van der Waals surface area contributed by atoms with Crippen LogP contribution in [0.5, 0.6) is 0 Å². The summed E-state index contributed by atoms with van der Waals surface area (Å²) < 4.78 is 1.84. The van der Waals surface area contributed by atoms with E-state index >= 15 is 0 Å². The fourth-order valence-corrected chi connectivity index (χ4v) is 1.83. The third kappa shape index (κ3) is 2.27. The summed E-state index contributed by atoms with van der Waals surface area (Å²) in [5.41, 5.74) is 7.31. The van der Waals surface area contributed by atoms with Crippen molar-refractivity contribution in [2.75, 3.05) is 0 Å². The highest BCUT2D eigenvalue weighted by Gasteiger charge is 2.21. The molecule has 0 aliphatic carbocycles. The Morgan fingerprint density at radius 2 is 1.83 bits per heavy atom. The SMILES string of the molecule is CC(C)(C)n1nc(C(N)=O)cc1-c1ccccc1. The molecule has 0 saturated carbocycles. The number of primary amides is 1. The quantitative estimate of drug-likeness (QED) is 0.880. The molecule has 18 heavy (non-hydrogen) atoms. The number of nitrogens with two attached hydrogens (primary N) is 1. The van der Waals surface area contributed by atoms with Crippen LogP contribution in [0.25, 0.3) is 11.3 Å². The van der Waals surface area contributed by atoms with Crippen LogP contribution in [0.4, 0.5) is 0 Å². The number of benzene rings is 1. The van der Waals surface area contributed by atoms with E-state index in [4.69, 9.17) is 5.73 Å². The van der Waals surface area contributed by atoms with Crippen LogP contribution in [0.1, 0.15) is 31.3 Å². The first kappa shape index (κ1) is 12.4. The molecule has 2 rings (SSSR count). The first-order valence-corrected chi connectivity index (χ1v) is 5.85. The Bertz CT molecular complexity index is 564. The number of carbonyl (C=O) groups is 1. The lowest BCUT2D eigenvalue weighted by atomic mass is 10.1. The molecule has 0 unspecified atom stereocenters. The highest BCUT2D eigenvalue weighted by molar-refractivity contribution is 5.92. The van der Waals surface area contributed by atoms with Gasteiger partial charge >= 0.3 is 0 Å². The predicted molar refractivity (Wildman–Crippen MR) is 71.2 cm³/mol. The Labute approximate surface area is 106 Å². The second kappa shape index (κ2) is 4.29. The number of rotatable bonds is 2. The molecule has 0 bridgehead atoms. The van der Waals surface area contributed by atoms with Crippen LogP contribution in [-0.4, -0.2) is 15.7 Å². The molecular formula is C14H17N3O. The van der Waals surface area contributed by atoms with E-state index in [1.807, 2.05) is 55.8 Å². The fraction of sp³-hybridized carbons (Fsp3) is 0.286. The summed E-state index contributed by atoms with van der Waals surface area (Å²) in [4.78, 5) is 11.3. The van der Waals surface area contributed by atoms with E-state index in [-0.39, 0.29) is 5.54 Å². The third-order valence-electron chi connectivity index (χ3n) is 2.67. The first-order valence-electron chi connectivity index (χ1n) is 5.85. The lowest BCUT2D eigenvalue weighted by molar-refractivity contribution is 0.0994. The Balaban J connectivity index is 2.62. The van der Waals surface area contributed by atoms with E-state index in [2.05, 4.69) is 5.10 Å². The van der Waals surface area contributed by atoms with E-state index in [1.54, 1.807) is 6.07 Å². The zero-order chi connectivity index (χ0) is 13.3. The number of amides is 1. The topological polar surface area (TPSA) is 60.9 Å². The molecule has 1 heterocycles. The number of aromatic nitrogens is 2. The number of nitrogens with zero attached hydrogens (tertiary/aromatic N) is 2. The molecule has 0 aliphatic rings. The molecule has 2 aromatic rings. The van der Waals surface area contributed by atoms with Gasteiger partial charge in [-0.1, -0.05) is 30.3 Å². The van der Waals surface area contributed by atoms with Gasteiger partial charge < -0.3 is 5.73 Å². The predicted octanol–water partition coefficient (Wildman–Crippen LogP) is 2.40. The second-order valence-corrected chi connectivity index (χ2v) is 5.23. The molecular weight excluding hydrogens is 226 g/mol. The smallest absolute Gasteiger partial charge is 0.269 e. The molecule has 94 valence electrons. The molecule has 0 fully saturated rings. The van der Waals surface area contributed by atoms with Gasteiger partial charge in [-0.25, -0.2) is 0 Å². The summed E-state index contributed by atoms with van der Waals surface area (Å²) in [7, 11) is 0. The standard InChI is InChI=1S/C14H17N3O/c1-14(2,3)17-12(9-11(16-17)13(15)18)10-7-5-4-6-8-10/h4-9H,1-3H3,(H2,15,18). The van der Waals surface area contributed by atoms with E-state index in [9.17, 15) is 4.79 Å². The highest BCUT2D eigenvalue weighted by atomic mass is 16.1. The molecule has 1 aromatic heterocycles. The van der Waals surface area contributed by atoms with Crippen LogP contribution in [-0.2, 0) is 5.54 Å². The van der Waals surface area contributed by atoms with Crippen molar-refractivity contribution in [3.05, 3.63) is 42.1 Å². The van der Waals surface area contributed by atoms with Crippen LogP contribution in [0.15, 0.2) is 36.4 Å². The summed E-state index contributed by atoms with van der Waals surface area (Å²) in [6.45, 7) is 6.12. The maximum absolute atomic E-state index is 11.3. The molecule has 1 amide bonds. The van der Waals surface area contributed by atoms with Gasteiger partial charge in [0.15, 0.2) is 5.69 Å². The fourth-order valence-electron chi connectivity index (χ4n) is 1.83. The van der Waals surface area contributed by atoms with Crippen molar-refractivity contribution < 1.29 is 4.79 Å². The second-order valence-electron chi connectivity index (χ2n) is 5.23. The van der Waals surface area contributed by atoms with Gasteiger partial charge in [-0.3, -0.25) is 9.48 Å². The van der Waals surface area contributed by atoms with Crippen molar-refractivity contribution >= 4 is 5.91 Å². The van der Waals surface area contributed by atoms with E-state index in [0.29, 0.717) is 5.69 Å². The Kier molecular flexibility index (Phi) is 2.95. The minimum Gasteiger partial charge on any atom is -0.364 e. The molecule has 4 nitrogen and oxygen atoms in total. The largest absolute Gasteiger partial charge is 0.364 e. The lowest BCUT2D eigenvalue weighted by Crippen LogP contribution is -2.25. The highest BCUT2D eigenvalue weighted by Crippen LogP contribution is 2.26. The van der Waals surface area contributed by atoms with Gasteiger partial charge in [0.1, 0.15) is 0 Å². The third-order valence-corrected chi connectivity index (χ3v) is 2.67. The average molecular weight is 243 g/mol. The lowest BCUT2D eigenvalue weighted by Gasteiger charge is -2.22. The van der Waals surface area contributed by atoms with Crippen LogP contribution in [0, 0.1) is 0 Å². The van der Waals surface area contributed by atoms with Crippen molar-refractivity contribution in [3.8, 4) is 11.3 Å². The summed E-state index contributed by atoms with van der Waals surface area (Å²) >= 11 is 0. The number of hydrogen-bond donors (Lipinski definition) is 1. The Morgan fingerprint density at radius 3 is 2.33 bits per heavy atom. The van der Waals surface area contributed by atoms with Gasteiger partial charge in [-0.05, 0) is 32.4 Å². The molecule has 0 spiro atoms. The minimum atomic E-state index is -0.504. The normalized spacial score (nSPS) is 11.5. The summed E-state index contributed by atoms with van der Waals surface area (Å²) in [6.07, 6.45) is 0. The van der Waals surface area contributed by atoms with E-state index in [0.717, 1.165) is 11.3 Å². The Hall–Kier alpha value is -2.10. The van der Waals surface area contributed by atoms with Gasteiger partial charge in [0.05, 0.1) is 11.2 Å². The van der Waals surface area contributed by atoms with Gasteiger partial charge in [-0.2, -0.15) is 5.10 Å². The number of carbonyl (C=O) groups excluding carboxylic acids is 1. The van der Waals surface area contributed by atoms with Crippen LogP contribution in [0.3, 0.4) is 0 Å². The van der Waals surface area contributed by atoms with Gasteiger partial charge in [0.2, 0.25) is 0 Å². The van der Waals surface area contributed by atoms with Crippen molar-refractivity contribution in [2.24, 2.45) is 5.73 Å². The molecule has 0 atom stereocenters. The zero-order valence-electron chi connectivity index (χ0n) is 10.8. The molecule has 0 saturated heterocycles. The van der Waals surface area contributed by atoms with Crippen molar-refractivity contribution in [3.63, 3.8) is 0 Å². The van der Waals surface area contributed by atoms with Crippen LogP contribution >= 0.6 is 0 Å². The van der Waals surface area contributed by atoms with Gasteiger partial charge in [0, 0.05) is 0 Å². The van der Waals surface area contributed by atoms with Gasteiger partial charge in [0.25, 0.3) is 5.91 Å². The monoisotopic (exact) mass is 243 g/mol. The number of hydrogen-bond acceptors (Lipinski definition) is 2. The minimum absolute atomic E-state index is 0.209. The maximum atomic E-state index is 11.3. The summed E-state index contributed by atoms with van der Waals surface area (Å²) in [5.74, 6) is -0.504. The molecule has 0 radical (unpaired) electrons. The van der Waals surface area contributed by atoms with E-state index < -0.39 is 5.91 Å². The van der Waals surface area contributed by atoms with E-state index in [1.165, 1.54) is 0 Å². The maximum Gasteiger partial charge on any atom is 0.269 e. The Morgan fingerprint density at radius 1 is 1.22 bits per heavy atom. The summed E-state index contributed by atoms with van der Waals surface area (Å²) in [6, 6.07) is 11.6. The van der Waals surface area contributed by atoms with Gasteiger partial charge in [-0.15, -0.1) is 0 Å². The van der Waals surface area contributed by atoms with Crippen molar-refractivity contribution in [2.45, 2.75) is 26.3 Å². The first-order chi connectivity index (χ1) is 8.39. The van der Waals surface area contributed by atoms with Crippen LogP contribution in [0.2, 0.25) is 0 Å². The molecule has 4 heteroatoms. The van der Waals surface area contributed by atoms with Crippen LogP contribution < -0.4 is 5.73 Å². The van der Waals surface area contributed by atoms with Crippen molar-refractivity contribution in [1.29, 1.82) is 0 Å². The zero-order valence-corrected chi connectivity index (χ0v) is 10.8. The summed E-state index contributed by atoms with van der Waals surface area (Å²) in [5, 5.41) is 4.30. The molecule has 2 N–H and O–H groups in total.